The Morgan fingerprint density at radius 1 is 1.25 bits per heavy atom. The summed E-state index contributed by atoms with van der Waals surface area (Å²) in [5, 5.41) is 6.34. The number of piperazine rings is 1. The molecule has 138 valence electrons. The zero-order chi connectivity index (χ0) is 17.2. The minimum Gasteiger partial charge on any atom is -0.378 e. The second kappa shape index (κ2) is 7.58. The Morgan fingerprint density at radius 2 is 2.00 bits per heavy atom. The van der Waals surface area contributed by atoms with Crippen molar-refractivity contribution in [3.63, 3.8) is 0 Å². The van der Waals surface area contributed by atoms with Gasteiger partial charge in [-0.25, -0.2) is 4.79 Å². The summed E-state index contributed by atoms with van der Waals surface area (Å²) in [7, 11) is 4.29. The smallest absolute Gasteiger partial charge is 0.315 e. The van der Waals surface area contributed by atoms with E-state index >= 15 is 0 Å². The zero-order valence-corrected chi connectivity index (χ0v) is 15.5. The Kier molecular flexibility index (Phi) is 5.67. The van der Waals surface area contributed by atoms with Gasteiger partial charge in [-0.15, -0.1) is 0 Å². The Morgan fingerprint density at radius 3 is 2.71 bits per heavy atom. The number of likely N-dealkylation sites (N-methyl/N-ethyl adjacent to an activating group) is 2. The number of rotatable bonds is 5. The fourth-order valence-electron chi connectivity index (χ4n) is 4.83. The van der Waals surface area contributed by atoms with Crippen molar-refractivity contribution in [3.05, 3.63) is 0 Å². The predicted octanol–water partition coefficient (Wildman–Crippen LogP) is 1.27. The van der Waals surface area contributed by atoms with Crippen LogP contribution < -0.4 is 10.6 Å². The molecule has 0 unspecified atom stereocenters. The Balaban J connectivity index is 1.47. The predicted molar refractivity (Wildman–Crippen MR) is 95.2 cm³/mol. The van der Waals surface area contributed by atoms with Crippen molar-refractivity contribution in [1.29, 1.82) is 0 Å². The highest BCUT2D eigenvalue weighted by Crippen LogP contribution is 2.54. The van der Waals surface area contributed by atoms with Crippen LogP contribution in [0.1, 0.15) is 39.0 Å². The van der Waals surface area contributed by atoms with E-state index in [1.165, 1.54) is 25.7 Å². The summed E-state index contributed by atoms with van der Waals surface area (Å²) in [6.07, 6.45) is 6.23. The molecule has 3 rings (SSSR count). The molecule has 0 aromatic carbocycles. The Bertz CT molecular complexity index is 439. The van der Waals surface area contributed by atoms with Crippen LogP contribution in [0.4, 0.5) is 4.79 Å². The van der Waals surface area contributed by atoms with E-state index in [0.717, 1.165) is 32.7 Å². The topological polar surface area (TPSA) is 56.8 Å². The third-order valence-corrected chi connectivity index (χ3v) is 6.47. The van der Waals surface area contributed by atoms with E-state index < -0.39 is 0 Å². The third kappa shape index (κ3) is 3.55. The Hall–Kier alpha value is -0.850. The van der Waals surface area contributed by atoms with E-state index in [1.807, 2.05) is 0 Å². The quantitative estimate of drug-likeness (QED) is 0.793. The molecule has 0 radical (unpaired) electrons. The van der Waals surface area contributed by atoms with E-state index in [-0.39, 0.29) is 17.5 Å². The first-order chi connectivity index (χ1) is 11.5. The lowest BCUT2D eigenvalue weighted by Crippen LogP contribution is -2.65. The number of nitrogens with one attached hydrogen (secondary N) is 2. The van der Waals surface area contributed by atoms with Gasteiger partial charge in [0.2, 0.25) is 0 Å². The number of urea groups is 1. The van der Waals surface area contributed by atoms with Crippen LogP contribution in [-0.2, 0) is 4.74 Å². The van der Waals surface area contributed by atoms with E-state index in [0.29, 0.717) is 18.7 Å². The van der Waals surface area contributed by atoms with Crippen molar-refractivity contribution in [3.8, 4) is 0 Å². The molecule has 2 amide bonds. The minimum atomic E-state index is -0.0113. The molecule has 1 heterocycles. The Labute approximate surface area is 146 Å². The average Bonchev–Trinajstić information content (AvgIpc) is 3.07. The van der Waals surface area contributed by atoms with Crippen LogP contribution in [0, 0.1) is 5.41 Å². The van der Waals surface area contributed by atoms with Gasteiger partial charge in [-0.1, -0.05) is 12.8 Å². The first-order valence-electron chi connectivity index (χ1n) is 9.60. The second-order valence-electron chi connectivity index (χ2n) is 7.92. The molecule has 0 aromatic heterocycles. The SMILES string of the molecule is CCO[C@@H]1C[C@@H](NC(=O)NC[C@H]2CN(C)CCN2C)C12CCCC2. The largest absolute Gasteiger partial charge is 0.378 e. The maximum Gasteiger partial charge on any atom is 0.315 e. The van der Waals surface area contributed by atoms with Crippen molar-refractivity contribution in [2.45, 2.75) is 57.2 Å². The lowest BCUT2D eigenvalue weighted by atomic mass is 9.60. The van der Waals surface area contributed by atoms with E-state index in [4.69, 9.17) is 4.74 Å². The van der Waals surface area contributed by atoms with Crippen LogP contribution in [0.5, 0.6) is 0 Å². The van der Waals surface area contributed by atoms with E-state index in [9.17, 15) is 4.79 Å². The van der Waals surface area contributed by atoms with Crippen molar-refractivity contribution in [2.75, 3.05) is 46.9 Å². The molecule has 0 aromatic rings. The molecule has 1 aliphatic heterocycles. The monoisotopic (exact) mass is 338 g/mol. The van der Waals surface area contributed by atoms with Gasteiger partial charge in [-0.2, -0.15) is 0 Å². The number of nitrogens with zero attached hydrogens (tertiary/aromatic N) is 2. The van der Waals surface area contributed by atoms with Gasteiger partial charge in [-0.05, 0) is 40.3 Å². The van der Waals surface area contributed by atoms with Crippen molar-refractivity contribution in [2.24, 2.45) is 5.41 Å². The molecule has 0 bridgehead atoms. The maximum absolute atomic E-state index is 12.4. The summed E-state index contributed by atoms with van der Waals surface area (Å²) in [6.45, 7) is 6.72. The van der Waals surface area contributed by atoms with Gasteiger partial charge < -0.3 is 20.3 Å². The van der Waals surface area contributed by atoms with Crippen LogP contribution >= 0.6 is 0 Å². The fourth-order valence-corrected chi connectivity index (χ4v) is 4.83. The lowest BCUT2D eigenvalue weighted by molar-refractivity contribution is -0.126. The van der Waals surface area contributed by atoms with Gasteiger partial charge >= 0.3 is 6.03 Å². The molecule has 2 aliphatic carbocycles. The standard InChI is InChI=1S/C18H34N4O2/c1-4-24-16-11-15(18(16)7-5-6-8-18)20-17(23)19-12-14-13-21(2)9-10-22(14)3/h14-16H,4-13H2,1-3H3,(H2,19,20,23)/t14-,15+,16+/m0/s1. The summed E-state index contributed by atoms with van der Waals surface area (Å²) in [5.41, 5.74) is 0.204. The number of carbonyl (C=O) groups is 1. The molecule has 6 heteroatoms. The van der Waals surface area contributed by atoms with Crippen molar-refractivity contribution in [1.82, 2.24) is 20.4 Å². The lowest BCUT2D eigenvalue weighted by Gasteiger charge is -2.54. The molecule has 1 saturated heterocycles. The van der Waals surface area contributed by atoms with Gasteiger partial charge in [-0.3, -0.25) is 4.90 Å². The van der Waals surface area contributed by atoms with Gasteiger partial charge in [0.05, 0.1) is 6.10 Å². The van der Waals surface area contributed by atoms with Gasteiger partial charge in [0.1, 0.15) is 0 Å². The summed E-state index contributed by atoms with van der Waals surface area (Å²) >= 11 is 0. The molecule has 3 aliphatic rings. The first-order valence-corrected chi connectivity index (χ1v) is 9.60. The normalized spacial score (nSPS) is 33.4. The van der Waals surface area contributed by atoms with Crippen LogP contribution in [-0.4, -0.2) is 80.9 Å². The molecular formula is C18H34N4O2. The first kappa shape index (κ1) is 18.0. The molecular weight excluding hydrogens is 304 g/mol. The number of amides is 2. The highest BCUT2D eigenvalue weighted by atomic mass is 16.5. The maximum atomic E-state index is 12.4. The van der Waals surface area contributed by atoms with Crippen LogP contribution in [0.2, 0.25) is 0 Å². The van der Waals surface area contributed by atoms with Crippen LogP contribution in [0.25, 0.3) is 0 Å². The third-order valence-electron chi connectivity index (χ3n) is 6.47. The molecule has 24 heavy (non-hydrogen) atoms. The fraction of sp³-hybridized carbons (Fsp3) is 0.944. The molecule has 2 N–H and O–H groups in total. The van der Waals surface area contributed by atoms with Gasteiger partial charge in [0.15, 0.2) is 0 Å². The number of hydrogen-bond acceptors (Lipinski definition) is 4. The number of carbonyl (C=O) groups excluding carboxylic acids is 1. The molecule has 2 saturated carbocycles. The van der Waals surface area contributed by atoms with Crippen molar-refractivity contribution < 1.29 is 9.53 Å². The van der Waals surface area contributed by atoms with E-state index in [2.05, 4.69) is 41.5 Å². The number of ether oxygens (including phenoxy) is 1. The van der Waals surface area contributed by atoms with Gasteiger partial charge in [0, 0.05) is 50.3 Å². The minimum absolute atomic E-state index is 0.0113. The van der Waals surface area contributed by atoms with E-state index in [1.54, 1.807) is 0 Å². The molecule has 6 nitrogen and oxygen atoms in total. The summed E-state index contributed by atoms with van der Waals surface area (Å²) in [4.78, 5) is 17.1. The summed E-state index contributed by atoms with van der Waals surface area (Å²) in [6, 6.07) is 0.665. The van der Waals surface area contributed by atoms with Crippen molar-refractivity contribution >= 4 is 6.03 Å². The number of hydrogen-bond donors (Lipinski definition) is 2. The van der Waals surface area contributed by atoms with Gasteiger partial charge in [0.25, 0.3) is 0 Å². The van der Waals surface area contributed by atoms with Crippen LogP contribution in [0.3, 0.4) is 0 Å². The molecule has 1 spiro atoms. The highest BCUT2D eigenvalue weighted by molar-refractivity contribution is 5.74. The summed E-state index contributed by atoms with van der Waals surface area (Å²) in [5.74, 6) is 0. The second-order valence-corrected chi connectivity index (χ2v) is 7.92. The molecule has 3 fully saturated rings. The average molecular weight is 338 g/mol. The highest BCUT2D eigenvalue weighted by Gasteiger charge is 2.57. The summed E-state index contributed by atoms with van der Waals surface area (Å²) < 4.78 is 5.92. The molecule has 3 atom stereocenters. The van der Waals surface area contributed by atoms with Crippen LogP contribution in [0.15, 0.2) is 0 Å². The zero-order valence-electron chi connectivity index (χ0n) is 15.5.